The molecule has 1 unspecified atom stereocenters. The minimum Gasteiger partial charge on any atom is -0.481 e. The van der Waals surface area contributed by atoms with E-state index in [0.717, 1.165) is 0 Å². The predicted molar refractivity (Wildman–Crippen MR) is 85.2 cm³/mol. The Kier molecular flexibility index (Phi) is 5.10. The monoisotopic (exact) mass is 317 g/mol. The maximum Gasteiger partial charge on any atom is 0.303 e. The van der Waals surface area contributed by atoms with Gasteiger partial charge in [0.05, 0.1) is 17.5 Å². The molecule has 1 aromatic heterocycles. The van der Waals surface area contributed by atoms with Gasteiger partial charge in [-0.25, -0.2) is 4.68 Å². The Labute approximate surface area is 132 Å². The summed E-state index contributed by atoms with van der Waals surface area (Å²) in [5.41, 5.74) is 0.310. The fourth-order valence-electron chi connectivity index (χ4n) is 2.40. The second-order valence-corrected chi connectivity index (χ2v) is 5.50. The third-order valence-corrected chi connectivity index (χ3v) is 3.56. The van der Waals surface area contributed by atoms with Crippen LogP contribution in [0.5, 0.6) is 0 Å². The zero-order valence-electron chi connectivity index (χ0n) is 13.1. The van der Waals surface area contributed by atoms with E-state index < -0.39 is 5.97 Å². The fraction of sp³-hybridized carbons (Fsp3) is 0.375. The number of nitrogens with one attached hydrogen (secondary N) is 1. The second kappa shape index (κ2) is 7.04. The van der Waals surface area contributed by atoms with Crippen LogP contribution in [-0.2, 0) is 23.1 Å². The van der Waals surface area contributed by atoms with E-state index in [2.05, 4.69) is 10.4 Å². The Morgan fingerprint density at radius 2 is 1.96 bits per heavy atom. The number of carboxylic acid groups (broad SMARTS) is 1. The molecular formula is C16H19N3O4. The number of carboxylic acids is 1. The van der Waals surface area contributed by atoms with Crippen molar-refractivity contribution in [1.82, 2.24) is 15.1 Å². The first-order valence-electron chi connectivity index (χ1n) is 7.34. The van der Waals surface area contributed by atoms with Crippen LogP contribution in [0.3, 0.4) is 0 Å². The van der Waals surface area contributed by atoms with E-state index in [1.807, 2.05) is 0 Å². The van der Waals surface area contributed by atoms with Gasteiger partial charge in [-0.05, 0) is 19.4 Å². The van der Waals surface area contributed by atoms with Gasteiger partial charge < -0.3 is 10.4 Å². The predicted octanol–water partition coefficient (Wildman–Crippen LogP) is 0.846. The van der Waals surface area contributed by atoms with E-state index in [9.17, 15) is 14.4 Å². The number of rotatable bonds is 6. The first kappa shape index (κ1) is 16.7. The number of nitrogens with zero attached hydrogens (tertiary/aromatic N) is 2. The molecule has 0 aliphatic heterocycles. The summed E-state index contributed by atoms with van der Waals surface area (Å²) in [4.78, 5) is 34.7. The van der Waals surface area contributed by atoms with Gasteiger partial charge in [0.15, 0.2) is 0 Å². The second-order valence-electron chi connectivity index (χ2n) is 5.50. The summed E-state index contributed by atoms with van der Waals surface area (Å²) in [6.45, 7) is 1.76. The molecule has 2 N–H and O–H groups in total. The van der Waals surface area contributed by atoms with E-state index >= 15 is 0 Å². The average molecular weight is 317 g/mol. The van der Waals surface area contributed by atoms with Gasteiger partial charge in [0.25, 0.3) is 5.56 Å². The molecule has 0 saturated carbocycles. The van der Waals surface area contributed by atoms with Crippen molar-refractivity contribution in [2.24, 2.45) is 7.05 Å². The zero-order valence-corrected chi connectivity index (χ0v) is 13.1. The van der Waals surface area contributed by atoms with E-state index in [4.69, 9.17) is 5.11 Å². The number of amides is 1. The summed E-state index contributed by atoms with van der Waals surface area (Å²) in [7, 11) is 1.55. The Morgan fingerprint density at radius 1 is 1.30 bits per heavy atom. The van der Waals surface area contributed by atoms with Crippen molar-refractivity contribution in [3.05, 3.63) is 40.3 Å². The number of aromatic nitrogens is 2. The molecule has 0 fully saturated rings. The lowest BCUT2D eigenvalue weighted by Gasteiger charge is -2.13. The number of carbonyl (C=O) groups excluding carboxylic acids is 1. The Balaban J connectivity index is 2.15. The summed E-state index contributed by atoms with van der Waals surface area (Å²) >= 11 is 0. The number of fused-ring (bicyclic) bond motifs is 1. The fourth-order valence-corrected chi connectivity index (χ4v) is 2.40. The molecule has 0 radical (unpaired) electrons. The largest absolute Gasteiger partial charge is 0.481 e. The van der Waals surface area contributed by atoms with E-state index in [1.54, 1.807) is 38.2 Å². The summed E-state index contributed by atoms with van der Waals surface area (Å²) < 4.78 is 1.22. The SMILES string of the molecule is CC(CCC(=O)O)NC(=O)Cc1nn(C)c(=O)c2ccccc12. The minimum absolute atomic E-state index is 0.00245. The first-order chi connectivity index (χ1) is 10.9. The van der Waals surface area contributed by atoms with Crippen molar-refractivity contribution in [2.75, 3.05) is 0 Å². The summed E-state index contributed by atoms with van der Waals surface area (Å²) in [6, 6.07) is 6.79. The molecule has 1 aromatic carbocycles. The molecule has 0 bridgehead atoms. The van der Waals surface area contributed by atoms with Gasteiger partial charge in [-0.15, -0.1) is 0 Å². The number of hydrogen-bond donors (Lipinski definition) is 2. The molecule has 1 atom stereocenters. The molecule has 2 aromatic rings. The third kappa shape index (κ3) is 4.15. The molecule has 1 heterocycles. The van der Waals surface area contributed by atoms with Crippen LogP contribution in [0.25, 0.3) is 10.8 Å². The van der Waals surface area contributed by atoms with Crippen LogP contribution < -0.4 is 10.9 Å². The van der Waals surface area contributed by atoms with Gasteiger partial charge in [0.2, 0.25) is 5.91 Å². The van der Waals surface area contributed by atoms with Crippen molar-refractivity contribution < 1.29 is 14.7 Å². The molecule has 0 aliphatic carbocycles. The van der Waals surface area contributed by atoms with Crippen molar-refractivity contribution in [3.8, 4) is 0 Å². The Morgan fingerprint density at radius 3 is 2.61 bits per heavy atom. The molecular weight excluding hydrogens is 298 g/mol. The smallest absolute Gasteiger partial charge is 0.303 e. The maximum atomic E-state index is 12.1. The van der Waals surface area contributed by atoms with Crippen LogP contribution >= 0.6 is 0 Å². The van der Waals surface area contributed by atoms with Crippen LogP contribution in [0.1, 0.15) is 25.5 Å². The van der Waals surface area contributed by atoms with Gasteiger partial charge in [-0.2, -0.15) is 5.10 Å². The minimum atomic E-state index is -0.892. The molecule has 7 heteroatoms. The normalized spacial score (nSPS) is 12.1. The Bertz CT molecular complexity index is 798. The van der Waals surface area contributed by atoms with Gasteiger partial charge in [-0.1, -0.05) is 18.2 Å². The molecule has 1 amide bonds. The number of carbonyl (C=O) groups is 2. The van der Waals surface area contributed by atoms with Crippen molar-refractivity contribution in [1.29, 1.82) is 0 Å². The van der Waals surface area contributed by atoms with Crippen LogP contribution in [0.15, 0.2) is 29.1 Å². The highest BCUT2D eigenvalue weighted by atomic mass is 16.4. The molecule has 7 nitrogen and oxygen atoms in total. The summed E-state index contributed by atoms with van der Waals surface area (Å²) in [6.07, 6.45) is 0.400. The summed E-state index contributed by atoms with van der Waals surface area (Å²) in [5, 5.41) is 16.8. The van der Waals surface area contributed by atoms with Gasteiger partial charge >= 0.3 is 5.97 Å². The number of hydrogen-bond acceptors (Lipinski definition) is 4. The quantitative estimate of drug-likeness (QED) is 0.822. The van der Waals surface area contributed by atoms with E-state index in [-0.39, 0.29) is 30.3 Å². The molecule has 2 rings (SSSR count). The van der Waals surface area contributed by atoms with Gasteiger partial charge in [0, 0.05) is 24.9 Å². The lowest BCUT2D eigenvalue weighted by molar-refractivity contribution is -0.137. The molecule has 0 aliphatic rings. The molecule has 23 heavy (non-hydrogen) atoms. The van der Waals surface area contributed by atoms with Crippen molar-refractivity contribution in [3.63, 3.8) is 0 Å². The highest BCUT2D eigenvalue weighted by molar-refractivity contribution is 5.88. The van der Waals surface area contributed by atoms with Crippen LogP contribution in [-0.4, -0.2) is 32.8 Å². The highest BCUT2D eigenvalue weighted by Crippen LogP contribution is 2.13. The first-order valence-corrected chi connectivity index (χ1v) is 7.34. The van der Waals surface area contributed by atoms with E-state index in [0.29, 0.717) is 22.9 Å². The van der Waals surface area contributed by atoms with Crippen LogP contribution in [0.4, 0.5) is 0 Å². The van der Waals surface area contributed by atoms with Gasteiger partial charge in [0.1, 0.15) is 0 Å². The molecule has 122 valence electrons. The standard InChI is InChI=1S/C16H19N3O4/c1-10(7-8-15(21)22)17-14(20)9-13-11-5-3-4-6-12(11)16(23)19(2)18-13/h3-6,10H,7-9H2,1-2H3,(H,17,20)(H,21,22). The topological polar surface area (TPSA) is 101 Å². The third-order valence-electron chi connectivity index (χ3n) is 3.56. The highest BCUT2D eigenvalue weighted by Gasteiger charge is 2.14. The van der Waals surface area contributed by atoms with E-state index in [1.165, 1.54) is 4.68 Å². The maximum absolute atomic E-state index is 12.1. The number of aryl methyl sites for hydroxylation is 1. The lowest BCUT2D eigenvalue weighted by atomic mass is 10.1. The summed E-state index contributed by atoms with van der Waals surface area (Å²) in [5.74, 6) is -1.14. The van der Waals surface area contributed by atoms with Crippen LogP contribution in [0, 0.1) is 0 Å². The lowest BCUT2D eigenvalue weighted by Crippen LogP contribution is -2.34. The van der Waals surface area contributed by atoms with Gasteiger partial charge in [-0.3, -0.25) is 14.4 Å². The molecule has 0 saturated heterocycles. The zero-order chi connectivity index (χ0) is 17.0. The Hall–Kier alpha value is -2.70. The average Bonchev–Trinajstić information content (AvgIpc) is 2.50. The van der Waals surface area contributed by atoms with Crippen molar-refractivity contribution >= 4 is 22.6 Å². The number of benzene rings is 1. The van der Waals surface area contributed by atoms with Crippen molar-refractivity contribution in [2.45, 2.75) is 32.2 Å². The number of aliphatic carboxylic acids is 1. The van der Waals surface area contributed by atoms with Crippen LogP contribution in [0.2, 0.25) is 0 Å². The molecule has 0 spiro atoms.